The fourth-order valence-corrected chi connectivity index (χ4v) is 1.39. The van der Waals surface area contributed by atoms with Crippen molar-refractivity contribution in [2.75, 3.05) is 13.7 Å². The highest BCUT2D eigenvalue weighted by Gasteiger charge is 2.00. The molecule has 0 saturated carbocycles. The standard InChI is InChI=1S/C13H16N2O3/c1-3-4-12(16)14-9-11-5-6-13(17)15(10-11)7-8-18-2/h5-6,10H,7-9H2,1-2H3,(H,14,16). The number of carbonyl (C=O) groups is 1. The first-order valence-electron chi connectivity index (χ1n) is 5.56. The maximum atomic E-state index is 11.5. The number of amides is 1. The maximum Gasteiger partial charge on any atom is 0.296 e. The van der Waals surface area contributed by atoms with E-state index in [1.807, 2.05) is 0 Å². The molecule has 0 spiro atoms. The fourth-order valence-electron chi connectivity index (χ4n) is 1.39. The molecule has 5 nitrogen and oxygen atoms in total. The van der Waals surface area contributed by atoms with Gasteiger partial charge in [-0.05, 0) is 18.4 Å². The average molecular weight is 248 g/mol. The Morgan fingerprint density at radius 1 is 1.50 bits per heavy atom. The molecule has 0 aliphatic rings. The van der Waals surface area contributed by atoms with Crippen molar-refractivity contribution in [2.24, 2.45) is 0 Å². The highest BCUT2D eigenvalue weighted by atomic mass is 16.5. The van der Waals surface area contributed by atoms with Gasteiger partial charge in [-0.3, -0.25) is 9.59 Å². The number of hydrogen-bond acceptors (Lipinski definition) is 3. The molecular formula is C13H16N2O3. The predicted molar refractivity (Wildman–Crippen MR) is 67.9 cm³/mol. The highest BCUT2D eigenvalue weighted by molar-refractivity contribution is 5.93. The van der Waals surface area contributed by atoms with E-state index in [0.29, 0.717) is 19.7 Å². The Bertz CT molecular complexity index is 523. The van der Waals surface area contributed by atoms with E-state index in [4.69, 9.17) is 4.74 Å². The maximum absolute atomic E-state index is 11.5. The van der Waals surface area contributed by atoms with E-state index >= 15 is 0 Å². The van der Waals surface area contributed by atoms with Crippen molar-refractivity contribution in [3.63, 3.8) is 0 Å². The fraction of sp³-hybridized carbons (Fsp3) is 0.385. The van der Waals surface area contributed by atoms with E-state index in [9.17, 15) is 9.59 Å². The monoisotopic (exact) mass is 248 g/mol. The van der Waals surface area contributed by atoms with E-state index in [0.717, 1.165) is 5.56 Å². The average Bonchev–Trinajstić information content (AvgIpc) is 2.36. The van der Waals surface area contributed by atoms with Crippen molar-refractivity contribution in [1.29, 1.82) is 0 Å². The minimum absolute atomic E-state index is 0.0875. The van der Waals surface area contributed by atoms with Crippen LogP contribution in [0, 0.1) is 11.8 Å². The Balaban J connectivity index is 2.68. The first-order chi connectivity index (χ1) is 8.67. The summed E-state index contributed by atoms with van der Waals surface area (Å²) in [4.78, 5) is 22.7. The molecule has 0 bridgehead atoms. The second-order valence-electron chi connectivity index (χ2n) is 3.62. The summed E-state index contributed by atoms with van der Waals surface area (Å²) in [5, 5.41) is 2.64. The SMILES string of the molecule is CC#CC(=O)NCc1ccc(=O)n(CCOC)c1. The van der Waals surface area contributed by atoms with Crippen LogP contribution in [0.2, 0.25) is 0 Å². The third-order valence-electron chi connectivity index (χ3n) is 2.27. The number of nitrogens with zero attached hydrogens (tertiary/aromatic N) is 1. The summed E-state index contributed by atoms with van der Waals surface area (Å²) >= 11 is 0. The molecule has 5 heteroatoms. The highest BCUT2D eigenvalue weighted by Crippen LogP contribution is 1.95. The van der Waals surface area contributed by atoms with Crippen molar-refractivity contribution in [2.45, 2.75) is 20.0 Å². The van der Waals surface area contributed by atoms with E-state index in [2.05, 4.69) is 17.2 Å². The number of rotatable bonds is 5. The summed E-state index contributed by atoms with van der Waals surface area (Å²) in [7, 11) is 1.58. The normalized spacial score (nSPS) is 9.44. The Morgan fingerprint density at radius 3 is 2.94 bits per heavy atom. The molecule has 0 aliphatic heterocycles. The molecule has 0 aliphatic carbocycles. The van der Waals surface area contributed by atoms with Gasteiger partial charge in [0.05, 0.1) is 6.61 Å². The van der Waals surface area contributed by atoms with Gasteiger partial charge in [0.25, 0.3) is 11.5 Å². The van der Waals surface area contributed by atoms with Crippen LogP contribution < -0.4 is 10.9 Å². The van der Waals surface area contributed by atoms with Gasteiger partial charge in [-0.2, -0.15) is 0 Å². The molecule has 1 N–H and O–H groups in total. The zero-order chi connectivity index (χ0) is 13.4. The summed E-state index contributed by atoms with van der Waals surface area (Å²) < 4.78 is 6.48. The second-order valence-corrected chi connectivity index (χ2v) is 3.62. The first-order valence-corrected chi connectivity index (χ1v) is 5.56. The van der Waals surface area contributed by atoms with Crippen molar-refractivity contribution in [3.05, 3.63) is 34.2 Å². The molecule has 0 unspecified atom stereocenters. The summed E-state index contributed by atoms with van der Waals surface area (Å²) in [6.45, 7) is 2.91. The summed E-state index contributed by atoms with van der Waals surface area (Å²) in [5.74, 6) is 4.58. The number of methoxy groups -OCH3 is 1. The van der Waals surface area contributed by atoms with Gasteiger partial charge in [0, 0.05) is 32.5 Å². The zero-order valence-electron chi connectivity index (χ0n) is 10.5. The number of aromatic nitrogens is 1. The summed E-state index contributed by atoms with van der Waals surface area (Å²) in [5.41, 5.74) is 0.757. The molecule has 96 valence electrons. The third-order valence-corrected chi connectivity index (χ3v) is 2.27. The molecule has 0 atom stereocenters. The molecule has 1 aromatic rings. The van der Waals surface area contributed by atoms with Gasteiger partial charge in [0.15, 0.2) is 0 Å². The molecule has 0 fully saturated rings. The van der Waals surface area contributed by atoms with E-state index in [1.165, 1.54) is 6.07 Å². The number of ether oxygens (including phenoxy) is 1. The largest absolute Gasteiger partial charge is 0.383 e. The summed E-state index contributed by atoms with van der Waals surface area (Å²) in [6, 6.07) is 3.16. The van der Waals surface area contributed by atoms with Gasteiger partial charge in [-0.1, -0.05) is 12.0 Å². The minimum Gasteiger partial charge on any atom is -0.383 e. The number of hydrogen-bond donors (Lipinski definition) is 1. The molecule has 1 heterocycles. The van der Waals surface area contributed by atoms with E-state index in [1.54, 1.807) is 30.9 Å². The molecule has 0 radical (unpaired) electrons. The Kier molecular flexibility index (Phi) is 5.68. The van der Waals surface area contributed by atoms with E-state index in [-0.39, 0.29) is 11.5 Å². The van der Waals surface area contributed by atoms with Gasteiger partial charge in [0.1, 0.15) is 0 Å². The van der Waals surface area contributed by atoms with E-state index < -0.39 is 0 Å². The van der Waals surface area contributed by atoms with Crippen LogP contribution >= 0.6 is 0 Å². The Morgan fingerprint density at radius 2 is 2.28 bits per heavy atom. The van der Waals surface area contributed by atoms with Crippen LogP contribution in [0.5, 0.6) is 0 Å². The Hall–Kier alpha value is -2.06. The summed E-state index contributed by atoms with van der Waals surface area (Å²) in [6.07, 6.45) is 1.71. The predicted octanol–water partition coefficient (Wildman–Crippen LogP) is 0.134. The molecule has 1 rings (SSSR count). The van der Waals surface area contributed by atoms with Crippen LogP contribution in [0.15, 0.2) is 23.1 Å². The molecule has 18 heavy (non-hydrogen) atoms. The van der Waals surface area contributed by atoms with Gasteiger partial charge in [-0.25, -0.2) is 0 Å². The minimum atomic E-state index is -0.327. The van der Waals surface area contributed by atoms with Crippen LogP contribution in [-0.4, -0.2) is 24.2 Å². The number of pyridine rings is 1. The van der Waals surface area contributed by atoms with Crippen molar-refractivity contribution < 1.29 is 9.53 Å². The second kappa shape index (κ2) is 7.30. The lowest BCUT2D eigenvalue weighted by Crippen LogP contribution is -2.24. The van der Waals surface area contributed by atoms with Gasteiger partial charge < -0.3 is 14.6 Å². The van der Waals surface area contributed by atoms with Gasteiger partial charge in [-0.15, -0.1) is 0 Å². The van der Waals surface area contributed by atoms with Crippen molar-refractivity contribution in [3.8, 4) is 11.8 Å². The lowest BCUT2D eigenvalue weighted by atomic mass is 10.3. The smallest absolute Gasteiger partial charge is 0.296 e. The lowest BCUT2D eigenvalue weighted by Gasteiger charge is -2.07. The molecule has 0 saturated heterocycles. The Labute approximate surface area is 106 Å². The number of carbonyl (C=O) groups excluding carboxylic acids is 1. The third kappa shape index (κ3) is 4.44. The van der Waals surface area contributed by atoms with Gasteiger partial charge >= 0.3 is 0 Å². The quantitative estimate of drug-likeness (QED) is 0.754. The molecule has 1 amide bonds. The first kappa shape index (κ1) is 14.0. The van der Waals surface area contributed by atoms with Crippen LogP contribution in [0.25, 0.3) is 0 Å². The van der Waals surface area contributed by atoms with Crippen molar-refractivity contribution >= 4 is 5.91 Å². The van der Waals surface area contributed by atoms with Crippen LogP contribution in [0.1, 0.15) is 12.5 Å². The van der Waals surface area contributed by atoms with Crippen LogP contribution in [-0.2, 0) is 22.6 Å². The molecule has 1 aromatic heterocycles. The topological polar surface area (TPSA) is 60.3 Å². The molecular weight excluding hydrogens is 232 g/mol. The zero-order valence-corrected chi connectivity index (χ0v) is 10.5. The van der Waals surface area contributed by atoms with Crippen LogP contribution in [0.4, 0.5) is 0 Å². The lowest BCUT2D eigenvalue weighted by molar-refractivity contribution is -0.115. The van der Waals surface area contributed by atoms with Gasteiger partial charge in [0.2, 0.25) is 0 Å². The number of nitrogens with one attached hydrogen (secondary N) is 1. The van der Waals surface area contributed by atoms with Crippen molar-refractivity contribution in [1.82, 2.24) is 9.88 Å². The molecule has 0 aromatic carbocycles. The van der Waals surface area contributed by atoms with Crippen LogP contribution in [0.3, 0.4) is 0 Å².